The maximum Gasteiger partial charge on any atom is 0.0540 e. The van der Waals surface area contributed by atoms with E-state index < -0.39 is 0 Å². The summed E-state index contributed by atoms with van der Waals surface area (Å²) in [4.78, 5) is 0. The Hall–Kier alpha value is 0.250. The van der Waals surface area contributed by atoms with Crippen LogP contribution < -0.4 is 0 Å². The molecule has 0 amide bonds. The Morgan fingerprint density at radius 1 is 1.20 bits per heavy atom. The van der Waals surface area contributed by atoms with Crippen molar-refractivity contribution in [1.82, 2.24) is 0 Å². The smallest absolute Gasteiger partial charge is 0.0540 e. The van der Waals surface area contributed by atoms with Crippen molar-refractivity contribution in [2.45, 2.75) is 45.6 Å². The monoisotopic (exact) mass is 164 g/mol. The van der Waals surface area contributed by atoms with Crippen LogP contribution in [0.3, 0.4) is 0 Å². The molecule has 1 aliphatic carbocycles. The van der Waals surface area contributed by atoms with E-state index in [0.29, 0.717) is 5.41 Å². The molecule has 0 heterocycles. The summed E-state index contributed by atoms with van der Waals surface area (Å²) in [6.45, 7) is 4.55. The molecule has 0 aromatic rings. The van der Waals surface area contributed by atoms with Crippen LogP contribution in [0.1, 0.15) is 39.5 Å². The number of halogens is 1. The van der Waals surface area contributed by atoms with Gasteiger partial charge in [0.15, 0.2) is 0 Å². The third-order valence-corrected chi connectivity index (χ3v) is 2.31. The fourth-order valence-corrected chi connectivity index (χ4v) is 1.38. The van der Waals surface area contributed by atoms with Gasteiger partial charge in [-0.05, 0) is 31.1 Å². The lowest BCUT2D eigenvalue weighted by Gasteiger charge is -2.31. The molecule has 1 nitrogen and oxygen atoms in total. The van der Waals surface area contributed by atoms with Gasteiger partial charge in [-0.25, -0.2) is 0 Å². The Bertz CT molecular complexity index is 91.4. The molecule has 2 heteroatoms. The maximum absolute atomic E-state index is 9.14. The van der Waals surface area contributed by atoms with E-state index in [9.17, 15) is 0 Å². The molecule has 1 N–H and O–H groups in total. The second-order valence-electron chi connectivity index (χ2n) is 3.90. The van der Waals surface area contributed by atoms with Crippen molar-refractivity contribution in [2.75, 3.05) is 0 Å². The quantitative estimate of drug-likeness (QED) is 0.583. The number of rotatable bonds is 0. The number of aliphatic hydroxyl groups excluding tert-OH is 1. The minimum Gasteiger partial charge on any atom is -0.393 e. The van der Waals surface area contributed by atoms with Crippen LogP contribution in [0.15, 0.2) is 0 Å². The van der Waals surface area contributed by atoms with Crippen molar-refractivity contribution in [3.63, 3.8) is 0 Å². The normalized spacial score (nSPS) is 25.5. The molecule has 0 aromatic heterocycles. The fourth-order valence-electron chi connectivity index (χ4n) is 1.38. The Kier molecular flexibility index (Phi) is 3.68. The van der Waals surface area contributed by atoms with Crippen LogP contribution in [0.4, 0.5) is 0 Å². The zero-order chi connectivity index (χ0) is 6.91. The molecule has 0 atom stereocenters. The number of hydrogen-bond donors (Lipinski definition) is 1. The van der Waals surface area contributed by atoms with Gasteiger partial charge < -0.3 is 5.11 Å². The van der Waals surface area contributed by atoms with Crippen molar-refractivity contribution >= 4 is 12.4 Å². The van der Waals surface area contributed by atoms with Gasteiger partial charge in [-0.1, -0.05) is 13.8 Å². The highest BCUT2D eigenvalue weighted by molar-refractivity contribution is 5.85. The minimum atomic E-state index is -0.00183. The summed E-state index contributed by atoms with van der Waals surface area (Å²) in [6, 6.07) is 0. The van der Waals surface area contributed by atoms with Crippen LogP contribution in [0.25, 0.3) is 0 Å². The molecule has 0 radical (unpaired) electrons. The zero-order valence-electron chi connectivity index (χ0n) is 6.76. The minimum absolute atomic E-state index is 0. The fraction of sp³-hybridized carbons (Fsp3) is 1.00. The first-order valence-electron chi connectivity index (χ1n) is 3.78. The van der Waals surface area contributed by atoms with Gasteiger partial charge in [-0.15, -0.1) is 12.4 Å². The van der Waals surface area contributed by atoms with E-state index >= 15 is 0 Å². The highest BCUT2D eigenvalue weighted by atomic mass is 35.5. The molecule has 10 heavy (non-hydrogen) atoms. The summed E-state index contributed by atoms with van der Waals surface area (Å²) in [5.41, 5.74) is 0.499. The largest absolute Gasteiger partial charge is 0.393 e. The summed E-state index contributed by atoms with van der Waals surface area (Å²) in [7, 11) is 0. The second-order valence-corrected chi connectivity index (χ2v) is 3.90. The number of aliphatic hydroxyl groups is 1. The summed E-state index contributed by atoms with van der Waals surface area (Å²) in [6.07, 6.45) is 4.39. The standard InChI is InChI=1S/C8H16O.ClH/c1-8(2)5-3-7(9)4-6-8;/h7,9H,3-6H2,1-2H3;1H. The van der Waals surface area contributed by atoms with Gasteiger partial charge in [0.05, 0.1) is 6.10 Å². The Morgan fingerprint density at radius 2 is 1.60 bits per heavy atom. The predicted octanol–water partition coefficient (Wildman–Crippen LogP) is 2.37. The first-order valence-corrected chi connectivity index (χ1v) is 3.78. The Balaban J connectivity index is 0.000000810. The topological polar surface area (TPSA) is 20.2 Å². The van der Waals surface area contributed by atoms with E-state index in [2.05, 4.69) is 13.8 Å². The Labute approximate surface area is 69.2 Å². The third kappa shape index (κ3) is 2.89. The highest BCUT2D eigenvalue weighted by Gasteiger charge is 2.24. The average molecular weight is 165 g/mol. The predicted molar refractivity (Wildman–Crippen MR) is 45.5 cm³/mol. The average Bonchev–Trinajstić information content (AvgIpc) is 1.78. The summed E-state index contributed by atoms with van der Waals surface area (Å²) < 4.78 is 0. The van der Waals surface area contributed by atoms with Gasteiger partial charge in [0.25, 0.3) is 0 Å². The van der Waals surface area contributed by atoms with Gasteiger partial charge in [-0.2, -0.15) is 0 Å². The Morgan fingerprint density at radius 3 is 1.90 bits per heavy atom. The third-order valence-electron chi connectivity index (χ3n) is 2.31. The van der Waals surface area contributed by atoms with Crippen LogP contribution in [-0.2, 0) is 0 Å². The van der Waals surface area contributed by atoms with E-state index in [1.165, 1.54) is 12.8 Å². The molecule has 0 aromatic carbocycles. The molecule has 1 fully saturated rings. The molecule has 0 bridgehead atoms. The van der Waals surface area contributed by atoms with E-state index in [1.807, 2.05) is 0 Å². The summed E-state index contributed by atoms with van der Waals surface area (Å²) in [5.74, 6) is 0. The molecule has 0 spiro atoms. The molecule has 62 valence electrons. The van der Waals surface area contributed by atoms with Crippen LogP contribution in [0.5, 0.6) is 0 Å². The second kappa shape index (κ2) is 3.59. The molecular weight excluding hydrogens is 148 g/mol. The lowest BCUT2D eigenvalue weighted by Crippen LogP contribution is -2.23. The van der Waals surface area contributed by atoms with Crippen LogP contribution in [0.2, 0.25) is 0 Å². The molecule has 0 unspecified atom stereocenters. The van der Waals surface area contributed by atoms with E-state index in [-0.39, 0.29) is 18.5 Å². The zero-order valence-corrected chi connectivity index (χ0v) is 7.58. The highest BCUT2D eigenvalue weighted by Crippen LogP contribution is 2.34. The van der Waals surface area contributed by atoms with Crippen molar-refractivity contribution in [3.05, 3.63) is 0 Å². The van der Waals surface area contributed by atoms with Crippen molar-refractivity contribution in [2.24, 2.45) is 5.41 Å². The van der Waals surface area contributed by atoms with Gasteiger partial charge in [0, 0.05) is 0 Å². The van der Waals surface area contributed by atoms with Crippen LogP contribution in [-0.4, -0.2) is 11.2 Å². The van der Waals surface area contributed by atoms with Gasteiger partial charge in [0.2, 0.25) is 0 Å². The van der Waals surface area contributed by atoms with Gasteiger partial charge in [0.1, 0.15) is 0 Å². The van der Waals surface area contributed by atoms with Crippen LogP contribution in [0, 0.1) is 5.41 Å². The number of hydrogen-bond acceptors (Lipinski definition) is 1. The lowest BCUT2D eigenvalue weighted by molar-refractivity contribution is 0.0800. The molecular formula is C8H17ClO. The molecule has 1 saturated carbocycles. The SMILES string of the molecule is CC1(C)CCC(O)CC1.Cl. The molecule has 0 saturated heterocycles. The van der Waals surface area contributed by atoms with Gasteiger partial charge >= 0.3 is 0 Å². The summed E-state index contributed by atoms with van der Waals surface area (Å²) in [5, 5.41) is 9.14. The van der Waals surface area contributed by atoms with Crippen molar-refractivity contribution in [3.8, 4) is 0 Å². The maximum atomic E-state index is 9.14. The first-order chi connectivity index (χ1) is 4.10. The molecule has 1 rings (SSSR count). The first kappa shape index (κ1) is 10.2. The summed E-state index contributed by atoms with van der Waals surface area (Å²) >= 11 is 0. The van der Waals surface area contributed by atoms with E-state index in [1.54, 1.807) is 0 Å². The van der Waals surface area contributed by atoms with Gasteiger partial charge in [-0.3, -0.25) is 0 Å². The molecule has 1 aliphatic rings. The molecule has 0 aliphatic heterocycles. The van der Waals surface area contributed by atoms with Crippen molar-refractivity contribution in [1.29, 1.82) is 0 Å². The van der Waals surface area contributed by atoms with E-state index in [4.69, 9.17) is 5.11 Å². The van der Waals surface area contributed by atoms with Crippen molar-refractivity contribution < 1.29 is 5.11 Å². The van der Waals surface area contributed by atoms with Crippen LogP contribution >= 0.6 is 12.4 Å². The van der Waals surface area contributed by atoms with E-state index in [0.717, 1.165) is 12.8 Å². The lowest BCUT2D eigenvalue weighted by atomic mass is 9.76.